The van der Waals surface area contributed by atoms with Crippen molar-refractivity contribution >= 4 is 38.7 Å². The van der Waals surface area contributed by atoms with Crippen molar-refractivity contribution in [1.29, 1.82) is 0 Å². The second-order valence-electron chi connectivity index (χ2n) is 3.82. The maximum atomic E-state index is 12.3. The number of anilines is 1. The van der Waals surface area contributed by atoms with E-state index in [1.807, 2.05) is 13.0 Å². The van der Waals surface area contributed by atoms with E-state index < -0.39 is 0 Å². The molecule has 3 nitrogen and oxygen atoms in total. The Balaban J connectivity index is 2.40. The summed E-state index contributed by atoms with van der Waals surface area (Å²) in [6, 6.07) is 7.00. The van der Waals surface area contributed by atoms with Gasteiger partial charge in [0, 0.05) is 14.9 Å². The number of methoxy groups -OCH3 is 1. The van der Waals surface area contributed by atoms with Gasteiger partial charge in [0.15, 0.2) is 0 Å². The van der Waals surface area contributed by atoms with Crippen molar-refractivity contribution in [3.63, 3.8) is 0 Å². The Hall–Kier alpha value is -1.33. The summed E-state index contributed by atoms with van der Waals surface area (Å²) < 4.78 is 5.89. The lowest BCUT2D eigenvalue weighted by Crippen LogP contribution is -2.01. The van der Waals surface area contributed by atoms with Crippen LogP contribution in [0.25, 0.3) is 0 Å². The Labute approximate surface area is 118 Å². The second kappa shape index (κ2) is 5.12. The molecule has 2 N–H and O–H groups in total. The van der Waals surface area contributed by atoms with Gasteiger partial charge in [0.25, 0.3) is 0 Å². The van der Waals surface area contributed by atoms with Crippen molar-refractivity contribution in [2.45, 2.75) is 6.92 Å². The number of thiophene rings is 1. The van der Waals surface area contributed by atoms with Crippen molar-refractivity contribution in [2.75, 3.05) is 12.8 Å². The van der Waals surface area contributed by atoms with Crippen LogP contribution in [0.1, 0.15) is 20.1 Å². The molecule has 1 aromatic carbocycles. The van der Waals surface area contributed by atoms with E-state index in [-0.39, 0.29) is 5.78 Å². The topological polar surface area (TPSA) is 52.3 Å². The zero-order chi connectivity index (χ0) is 13.3. The number of aryl methyl sites for hydroxylation is 1. The average molecular weight is 326 g/mol. The summed E-state index contributed by atoms with van der Waals surface area (Å²) in [5.74, 6) is 0.544. The Kier molecular flexibility index (Phi) is 3.73. The molecule has 0 saturated carbocycles. The number of nitrogen functional groups attached to an aromatic ring is 1. The van der Waals surface area contributed by atoms with E-state index in [0.717, 1.165) is 9.35 Å². The van der Waals surface area contributed by atoms with E-state index in [9.17, 15) is 4.79 Å². The summed E-state index contributed by atoms with van der Waals surface area (Å²) in [4.78, 5) is 14.1. The normalized spacial score (nSPS) is 10.4. The molecule has 0 amide bonds. The highest BCUT2D eigenvalue weighted by atomic mass is 79.9. The third kappa shape index (κ3) is 2.42. The molecule has 0 aliphatic carbocycles. The predicted octanol–water partition coefficient (Wildman–Crippen LogP) is 3.64. The third-order valence-electron chi connectivity index (χ3n) is 2.51. The van der Waals surface area contributed by atoms with Crippen molar-refractivity contribution < 1.29 is 9.53 Å². The van der Waals surface area contributed by atoms with Crippen LogP contribution in [-0.2, 0) is 0 Å². The Morgan fingerprint density at radius 3 is 2.61 bits per heavy atom. The van der Waals surface area contributed by atoms with Crippen molar-refractivity contribution in [2.24, 2.45) is 0 Å². The highest BCUT2D eigenvalue weighted by molar-refractivity contribution is 9.10. The van der Waals surface area contributed by atoms with Gasteiger partial charge in [0.05, 0.1) is 17.7 Å². The SMILES string of the molecule is COc1ccc(C(=O)c2sc(C)cc2Br)cc1N. The molecule has 5 heteroatoms. The van der Waals surface area contributed by atoms with Crippen LogP contribution < -0.4 is 10.5 Å². The lowest BCUT2D eigenvalue weighted by Gasteiger charge is -2.06. The van der Waals surface area contributed by atoms with Crippen molar-refractivity contribution in [1.82, 2.24) is 0 Å². The van der Waals surface area contributed by atoms with Crippen LogP contribution in [0.5, 0.6) is 5.75 Å². The number of rotatable bonds is 3. The number of hydrogen-bond donors (Lipinski definition) is 1. The molecule has 0 saturated heterocycles. The maximum Gasteiger partial charge on any atom is 0.204 e. The van der Waals surface area contributed by atoms with Crippen molar-refractivity contribution in [3.8, 4) is 5.75 Å². The van der Waals surface area contributed by atoms with Gasteiger partial charge in [-0.15, -0.1) is 11.3 Å². The van der Waals surface area contributed by atoms with Crippen LogP contribution in [0, 0.1) is 6.92 Å². The Morgan fingerprint density at radius 2 is 2.11 bits per heavy atom. The second-order valence-corrected chi connectivity index (χ2v) is 5.93. The molecule has 2 rings (SSSR count). The zero-order valence-electron chi connectivity index (χ0n) is 9.99. The Bertz CT molecular complexity index is 607. The molecule has 0 fully saturated rings. The molecule has 0 aliphatic heterocycles. The maximum absolute atomic E-state index is 12.3. The van der Waals surface area contributed by atoms with Crippen LogP contribution in [0.4, 0.5) is 5.69 Å². The summed E-state index contributed by atoms with van der Waals surface area (Å²) in [5.41, 5.74) is 6.84. The first-order valence-corrected chi connectivity index (χ1v) is 6.88. The van der Waals surface area contributed by atoms with Crippen LogP contribution in [-0.4, -0.2) is 12.9 Å². The summed E-state index contributed by atoms with van der Waals surface area (Å²) in [7, 11) is 1.55. The highest BCUT2D eigenvalue weighted by Crippen LogP contribution is 2.30. The van der Waals surface area contributed by atoms with Gasteiger partial charge in [-0.2, -0.15) is 0 Å². The van der Waals surface area contributed by atoms with Gasteiger partial charge in [-0.3, -0.25) is 4.79 Å². The molecule has 0 atom stereocenters. The van der Waals surface area contributed by atoms with Crippen LogP contribution in [0.2, 0.25) is 0 Å². The van der Waals surface area contributed by atoms with E-state index in [4.69, 9.17) is 10.5 Å². The smallest absolute Gasteiger partial charge is 0.204 e. The fourth-order valence-corrected chi connectivity index (χ4v) is 3.43. The molecular weight excluding hydrogens is 314 g/mol. The summed E-state index contributed by atoms with van der Waals surface area (Å²) >= 11 is 4.86. The van der Waals surface area contributed by atoms with E-state index >= 15 is 0 Å². The van der Waals surface area contributed by atoms with E-state index in [1.54, 1.807) is 25.3 Å². The van der Waals surface area contributed by atoms with Gasteiger partial charge in [-0.05, 0) is 47.1 Å². The van der Waals surface area contributed by atoms with Gasteiger partial charge in [-0.1, -0.05) is 0 Å². The first kappa shape index (κ1) is 13.1. The van der Waals surface area contributed by atoms with Gasteiger partial charge >= 0.3 is 0 Å². The average Bonchev–Trinajstić information content (AvgIpc) is 2.67. The van der Waals surface area contributed by atoms with E-state index in [1.165, 1.54) is 11.3 Å². The molecule has 18 heavy (non-hydrogen) atoms. The number of carbonyl (C=O) groups excluding carboxylic acids is 1. The summed E-state index contributed by atoms with van der Waals surface area (Å²) in [5, 5.41) is 0. The molecule has 0 unspecified atom stereocenters. The fourth-order valence-electron chi connectivity index (χ4n) is 1.64. The lowest BCUT2D eigenvalue weighted by molar-refractivity contribution is 0.104. The number of halogens is 1. The Morgan fingerprint density at radius 1 is 1.39 bits per heavy atom. The molecule has 0 radical (unpaired) electrons. The quantitative estimate of drug-likeness (QED) is 0.692. The minimum absolute atomic E-state index is 0.0330. The highest BCUT2D eigenvalue weighted by Gasteiger charge is 2.16. The lowest BCUT2D eigenvalue weighted by atomic mass is 10.1. The van der Waals surface area contributed by atoms with Gasteiger partial charge in [-0.25, -0.2) is 0 Å². The van der Waals surface area contributed by atoms with Crippen LogP contribution >= 0.6 is 27.3 Å². The predicted molar refractivity (Wildman–Crippen MR) is 77.6 cm³/mol. The number of nitrogens with two attached hydrogens (primary N) is 1. The first-order chi connectivity index (χ1) is 8.52. The molecule has 2 aromatic rings. The molecule has 94 valence electrons. The van der Waals surface area contributed by atoms with E-state index in [0.29, 0.717) is 21.9 Å². The van der Waals surface area contributed by atoms with Crippen molar-refractivity contribution in [3.05, 3.63) is 44.1 Å². The zero-order valence-corrected chi connectivity index (χ0v) is 12.4. The van der Waals surface area contributed by atoms with Gasteiger partial charge < -0.3 is 10.5 Å². The number of hydrogen-bond acceptors (Lipinski definition) is 4. The fraction of sp³-hybridized carbons (Fsp3) is 0.154. The number of ketones is 1. The van der Waals surface area contributed by atoms with Gasteiger partial charge in [0.2, 0.25) is 5.78 Å². The third-order valence-corrected chi connectivity index (χ3v) is 4.45. The van der Waals surface area contributed by atoms with Gasteiger partial charge in [0.1, 0.15) is 5.75 Å². The van der Waals surface area contributed by atoms with Crippen LogP contribution in [0.15, 0.2) is 28.7 Å². The molecule has 0 spiro atoms. The monoisotopic (exact) mass is 325 g/mol. The number of carbonyl (C=O) groups is 1. The van der Waals surface area contributed by atoms with E-state index in [2.05, 4.69) is 15.9 Å². The first-order valence-electron chi connectivity index (χ1n) is 5.27. The molecule has 1 aromatic heterocycles. The molecule has 0 bridgehead atoms. The number of benzene rings is 1. The number of ether oxygens (including phenoxy) is 1. The minimum atomic E-state index is -0.0330. The minimum Gasteiger partial charge on any atom is -0.495 e. The van der Waals surface area contributed by atoms with Crippen LogP contribution in [0.3, 0.4) is 0 Å². The summed E-state index contributed by atoms with van der Waals surface area (Å²) in [6.07, 6.45) is 0. The molecular formula is C13H12BrNO2S. The standard InChI is InChI=1S/C13H12BrNO2S/c1-7-5-9(14)13(18-7)12(16)8-3-4-11(17-2)10(15)6-8/h3-6H,15H2,1-2H3. The largest absolute Gasteiger partial charge is 0.495 e. The summed E-state index contributed by atoms with van der Waals surface area (Å²) in [6.45, 7) is 1.97. The molecule has 1 heterocycles. The molecule has 0 aliphatic rings.